The fourth-order valence-electron chi connectivity index (χ4n) is 4.28. The Bertz CT molecular complexity index is 1390. The van der Waals surface area contributed by atoms with Gasteiger partial charge in [0.25, 0.3) is 10.0 Å². The van der Waals surface area contributed by atoms with Crippen molar-refractivity contribution in [1.29, 1.82) is 0 Å². The molecule has 9 heteroatoms. The van der Waals surface area contributed by atoms with Gasteiger partial charge in [-0.1, -0.05) is 67.1 Å². The summed E-state index contributed by atoms with van der Waals surface area (Å²) in [4.78, 5) is 28.9. The van der Waals surface area contributed by atoms with Crippen LogP contribution in [-0.2, 0) is 26.2 Å². The van der Waals surface area contributed by atoms with Crippen LogP contribution in [0.4, 0.5) is 5.69 Å². The van der Waals surface area contributed by atoms with E-state index in [1.165, 1.54) is 17.0 Å². The van der Waals surface area contributed by atoms with Crippen molar-refractivity contribution in [2.45, 2.75) is 64.1 Å². The smallest absolute Gasteiger partial charge is 0.264 e. The second-order valence-corrected chi connectivity index (χ2v) is 12.7. The fourth-order valence-corrected chi connectivity index (χ4v) is 6.01. The quantitative estimate of drug-likeness (QED) is 0.346. The van der Waals surface area contributed by atoms with Gasteiger partial charge in [0.2, 0.25) is 11.8 Å². The molecule has 0 aliphatic rings. The number of hydrogen-bond donors (Lipinski definition) is 1. The molecule has 0 spiro atoms. The van der Waals surface area contributed by atoms with Crippen molar-refractivity contribution in [3.8, 4) is 0 Å². The average Bonchev–Trinajstić information content (AvgIpc) is 2.87. The number of rotatable bonds is 10. The number of halogens is 1. The molecule has 39 heavy (non-hydrogen) atoms. The highest BCUT2D eigenvalue weighted by atomic mass is 35.5. The van der Waals surface area contributed by atoms with Gasteiger partial charge in [0.1, 0.15) is 12.6 Å². The highest BCUT2D eigenvalue weighted by molar-refractivity contribution is 7.92. The van der Waals surface area contributed by atoms with Gasteiger partial charge in [-0.3, -0.25) is 13.9 Å². The maximum Gasteiger partial charge on any atom is 0.264 e. The number of aryl methyl sites for hydroxylation is 1. The van der Waals surface area contributed by atoms with Gasteiger partial charge >= 0.3 is 0 Å². The van der Waals surface area contributed by atoms with Crippen LogP contribution in [0.1, 0.15) is 45.2 Å². The van der Waals surface area contributed by atoms with Crippen LogP contribution in [0.3, 0.4) is 0 Å². The lowest BCUT2D eigenvalue weighted by molar-refractivity contribution is -0.141. The van der Waals surface area contributed by atoms with Crippen molar-refractivity contribution in [3.05, 3.63) is 95.0 Å². The molecule has 1 N–H and O–H groups in total. The molecule has 0 bridgehead atoms. The van der Waals surface area contributed by atoms with Crippen LogP contribution in [0.2, 0.25) is 5.02 Å². The topological polar surface area (TPSA) is 86.8 Å². The van der Waals surface area contributed by atoms with Crippen molar-refractivity contribution in [3.63, 3.8) is 0 Å². The van der Waals surface area contributed by atoms with Crippen molar-refractivity contribution < 1.29 is 18.0 Å². The third kappa shape index (κ3) is 7.83. The van der Waals surface area contributed by atoms with Crippen molar-refractivity contribution >= 4 is 39.1 Å². The molecule has 0 aliphatic heterocycles. The van der Waals surface area contributed by atoms with Gasteiger partial charge < -0.3 is 10.2 Å². The standard InChI is InChI=1S/C30H36ClN3O4S/c1-6-26(29(36)32-30(3,4)5)33(20-23-13-9-7-10-14-23)28(35)21-34(27-18-17-24(31)19-22(27)2)39(37,38)25-15-11-8-12-16-25/h7-19,26H,6,20-21H2,1-5H3,(H,32,36). The Morgan fingerprint density at radius 3 is 2.08 bits per heavy atom. The Morgan fingerprint density at radius 1 is 0.949 bits per heavy atom. The lowest BCUT2D eigenvalue weighted by Crippen LogP contribution is -2.55. The number of benzene rings is 3. The summed E-state index contributed by atoms with van der Waals surface area (Å²) < 4.78 is 28.9. The third-order valence-electron chi connectivity index (χ3n) is 6.12. The van der Waals surface area contributed by atoms with E-state index >= 15 is 0 Å². The second kappa shape index (κ2) is 12.7. The van der Waals surface area contributed by atoms with E-state index in [4.69, 9.17) is 11.6 Å². The van der Waals surface area contributed by atoms with Crippen molar-refractivity contribution in [2.75, 3.05) is 10.8 Å². The number of anilines is 1. The molecule has 3 rings (SSSR count). The summed E-state index contributed by atoms with van der Waals surface area (Å²) in [5.41, 5.74) is 1.26. The van der Waals surface area contributed by atoms with E-state index in [1.807, 2.05) is 58.0 Å². The predicted octanol–water partition coefficient (Wildman–Crippen LogP) is 5.57. The van der Waals surface area contributed by atoms with E-state index in [9.17, 15) is 18.0 Å². The number of carbonyl (C=O) groups is 2. The first-order valence-electron chi connectivity index (χ1n) is 12.8. The van der Waals surface area contributed by atoms with Gasteiger partial charge in [0.15, 0.2) is 0 Å². The lowest BCUT2D eigenvalue weighted by atomic mass is 10.1. The van der Waals surface area contributed by atoms with Crippen LogP contribution in [0.15, 0.2) is 83.8 Å². The normalized spacial score (nSPS) is 12.5. The number of sulfonamides is 1. The van der Waals surface area contributed by atoms with Crippen molar-refractivity contribution in [1.82, 2.24) is 10.2 Å². The molecular formula is C30H36ClN3O4S. The van der Waals surface area contributed by atoms with Gasteiger partial charge in [-0.05, 0) is 75.6 Å². The monoisotopic (exact) mass is 569 g/mol. The number of carbonyl (C=O) groups excluding carboxylic acids is 2. The van der Waals surface area contributed by atoms with E-state index in [2.05, 4.69) is 5.32 Å². The van der Waals surface area contributed by atoms with Crippen LogP contribution >= 0.6 is 11.6 Å². The first-order valence-corrected chi connectivity index (χ1v) is 14.6. The van der Waals surface area contributed by atoms with E-state index in [0.29, 0.717) is 22.7 Å². The molecule has 0 fully saturated rings. The average molecular weight is 570 g/mol. The molecule has 1 unspecified atom stereocenters. The molecule has 3 aromatic carbocycles. The fraction of sp³-hybridized carbons (Fsp3) is 0.333. The summed E-state index contributed by atoms with van der Waals surface area (Å²) in [5, 5.41) is 3.42. The minimum atomic E-state index is -4.13. The number of nitrogens with zero attached hydrogens (tertiary/aromatic N) is 2. The summed E-state index contributed by atoms with van der Waals surface area (Å²) in [5.74, 6) is -0.793. The molecule has 0 aromatic heterocycles. The minimum absolute atomic E-state index is 0.0549. The molecule has 0 heterocycles. The molecule has 3 aromatic rings. The Morgan fingerprint density at radius 2 is 1.54 bits per heavy atom. The molecule has 0 saturated heterocycles. The Kier molecular flexibility index (Phi) is 9.80. The van der Waals surface area contributed by atoms with Crippen LogP contribution in [-0.4, -0.2) is 43.3 Å². The summed E-state index contributed by atoms with van der Waals surface area (Å²) in [6.07, 6.45) is 0.353. The highest BCUT2D eigenvalue weighted by Gasteiger charge is 2.35. The van der Waals surface area contributed by atoms with E-state index in [1.54, 1.807) is 43.3 Å². The SMILES string of the molecule is CCC(C(=O)NC(C)(C)C)N(Cc1ccccc1)C(=O)CN(c1ccc(Cl)cc1C)S(=O)(=O)c1ccccc1. The van der Waals surface area contributed by atoms with Gasteiger partial charge in [0, 0.05) is 17.1 Å². The maximum atomic E-state index is 14.1. The molecule has 2 amide bonds. The van der Waals surface area contributed by atoms with Crippen LogP contribution in [0, 0.1) is 6.92 Å². The minimum Gasteiger partial charge on any atom is -0.350 e. The predicted molar refractivity (Wildman–Crippen MR) is 156 cm³/mol. The molecule has 208 valence electrons. The van der Waals surface area contributed by atoms with Gasteiger partial charge in [-0.15, -0.1) is 0 Å². The molecule has 0 radical (unpaired) electrons. The van der Waals surface area contributed by atoms with Crippen LogP contribution in [0.25, 0.3) is 0 Å². The van der Waals surface area contributed by atoms with E-state index < -0.39 is 34.1 Å². The first-order chi connectivity index (χ1) is 18.3. The van der Waals surface area contributed by atoms with Gasteiger partial charge in [-0.2, -0.15) is 0 Å². The zero-order valence-corrected chi connectivity index (χ0v) is 24.6. The molecule has 0 saturated carbocycles. The lowest BCUT2D eigenvalue weighted by Gasteiger charge is -2.35. The maximum absolute atomic E-state index is 14.1. The first kappa shape index (κ1) is 30.2. The number of nitrogens with one attached hydrogen (secondary N) is 1. The summed E-state index contributed by atoms with van der Waals surface area (Å²) in [7, 11) is -4.13. The molecule has 0 aliphatic carbocycles. The van der Waals surface area contributed by atoms with Gasteiger partial charge in [-0.25, -0.2) is 8.42 Å². The van der Waals surface area contributed by atoms with Crippen LogP contribution in [0.5, 0.6) is 0 Å². The molecular weight excluding hydrogens is 534 g/mol. The Hall–Kier alpha value is -3.36. The second-order valence-electron chi connectivity index (χ2n) is 10.4. The number of hydrogen-bond acceptors (Lipinski definition) is 4. The Balaban J connectivity index is 2.08. The largest absolute Gasteiger partial charge is 0.350 e. The molecule has 7 nitrogen and oxygen atoms in total. The van der Waals surface area contributed by atoms with Crippen LogP contribution < -0.4 is 9.62 Å². The summed E-state index contributed by atoms with van der Waals surface area (Å²) >= 11 is 6.16. The number of amides is 2. The van der Waals surface area contributed by atoms with Crippen molar-refractivity contribution in [2.24, 2.45) is 0 Å². The highest BCUT2D eigenvalue weighted by Crippen LogP contribution is 2.29. The Labute approximate surface area is 236 Å². The van der Waals surface area contributed by atoms with Gasteiger partial charge in [0.05, 0.1) is 10.6 Å². The summed E-state index contributed by atoms with van der Waals surface area (Å²) in [6, 6.07) is 21.3. The summed E-state index contributed by atoms with van der Waals surface area (Å²) in [6.45, 7) is 8.85. The third-order valence-corrected chi connectivity index (χ3v) is 8.13. The molecule has 1 atom stereocenters. The zero-order valence-electron chi connectivity index (χ0n) is 23.0. The zero-order chi connectivity index (χ0) is 28.8. The van der Waals surface area contributed by atoms with E-state index in [0.717, 1.165) is 9.87 Å². The van der Waals surface area contributed by atoms with E-state index in [-0.39, 0.29) is 17.3 Å².